The van der Waals surface area contributed by atoms with Crippen LogP contribution in [0.3, 0.4) is 0 Å². The van der Waals surface area contributed by atoms with Crippen molar-refractivity contribution in [1.82, 2.24) is 4.72 Å². The largest absolute Gasteiger partial charge is 0.240 e. The summed E-state index contributed by atoms with van der Waals surface area (Å²) in [5, 5.41) is 0.511. The van der Waals surface area contributed by atoms with E-state index in [1.807, 2.05) is 24.3 Å². The summed E-state index contributed by atoms with van der Waals surface area (Å²) in [5.74, 6) is 0. The lowest BCUT2D eigenvalue weighted by molar-refractivity contribution is 0.581. The van der Waals surface area contributed by atoms with Crippen LogP contribution in [0.2, 0.25) is 5.02 Å². The molecule has 2 rings (SSSR count). The highest BCUT2D eigenvalue weighted by Crippen LogP contribution is 2.14. The highest BCUT2D eigenvalue weighted by atomic mass is 127. The number of benzene rings is 2. The molecule has 0 aromatic heterocycles. The second-order valence-electron chi connectivity index (χ2n) is 3.91. The van der Waals surface area contributed by atoms with Crippen LogP contribution in [0.25, 0.3) is 0 Å². The van der Waals surface area contributed by atoms with Gasteiger partial charge in [0.25, 0.3) is 0 Å². The predicted molar refractivity (Wildman–Crippen MR) is 84.6 cm³/mol. The number of nitrogens with one attached hydrogen (secondary N) is 1. The van der Waals surface area contributed by atoms with Gasteiger partial charge < -0.3 is 0 Å². The van der Waals surface area contributed by atoms with Crippen LogP contribution in [0.1, 0.15) is 5.56 Å². The molecule has 0 heterocycles. The Hall–Kier alpha value is -0.630. The average molecular weight is 408 g/mol. The molecule has 19 heavy (non-hydrogen) atoms. The minimum absolute atomic E-state index is 0.211. The van der Waals surface area contributed by atoms with Gasteiger partial charge >= 0.3 is 0 Å². The summed E-state index contributed by atoms with van der Waals surface area (Å²) in [7, 11) is -3.50. The van der Waals surface area contributed by atoms with Gasteiger partial charge in [0.1, 0.15) is 0 Å². The van der Waals surface area contributed by atoms with E-state index in [1.54, 1.807) is 12.1 Å². The van der Waals surface area contributed by atoms with E-state index in [-0.39, 0.29) is 11.4 Å². The summed E-state index contributed by atoms with van der Waals surface area (Å²) in [5.41, 5.74) is 0.921. The summed E-state index contributed by atoms with van der Waals surface area (Å²) >= 11 is 7.93. The Balaban J connectivity index is 2.12. The van der Waals surface area contributed by atoms with E-state index >= 15 is 0 Å². The van der Waals surface area contributed by atoms with Crippen LogP contribution in [-0.2, 0) is 16.6 Å². The zero-order valence-electron chi connectivity index (χ0n) is 9.81. The van der Waals surface area contributed by atoms with Crippen LogP contribution >= 0.6 is 34.2 Å². The molecule has 0 aliphatic carbocycles. The maximum atomic E-state index is 12.0. The van der Waals surface area contributed by atoms with Crippen LogP contribution in [0.5, 0.6) is 0 Å². The first-order chi connectivity index (χ1) is 8.97. The molecule has 2 aromatic rings. The Labute approximate surface area is 131 Å². The monoisotopic (exact) mass is 407 g/mol. The van der Waals surface area contributed by atoms with Crippen LogP contribution < -0.4 is 4.72 Å². The van der Waals surface area contributed by atoms with E-state index in [4.69, 9.17) is 11.6 Å². The van der Waals surface area contributed by atoms with E-state index in [0.717, 1.165) is 9.13 Å². The van der Waals surface area contributed by atoms with Crippen molar-refractivity contribution in [2.24, 2.45) is 0 Å². The minimum atomic E-state index is -3.50. The SMILES string of the molecule is O=S(=O)(NCc1cccc(I)c1)c1ccc(Cl)cc1. The van der Waals surface area contributed by atoms with E-state index in [9.17, 15) is 8.42 Å². The first-order valence-corrected chi connectivity index (χ1v) is 8.41. The molecule has 0 aliphatic rings. The molecule has 0 fully saturated rings. The van der Waals surface area contributed by atoms with Gasteiger partial charge in [-0.3, -0.25) is 0 Å². The van der Waals surface area contributed by atoms with Gasteiger partial charge in [0.05, 0.1) is 4.90 Å². The quantitative estimate of drug-likeness (QED) is 0.790. The van der Waals surface area contributed by atoms with Gasteiger partial charge in [-0.05, 0) is 64.6 Å². The van der Waals surface area contributed by atoms with Crippen molar-refractivity contribution < 1.29 is 8.42 Å². The van der Waals surface area contributed by atoms with E-state index in [2.05, 4.69) is 27.3 Å². The topological polar surface area (TPSA) is 46.2 Å². The fourth-order valence-corrected chi connectivity index (χ4v) is 3.27. The lowest BCUT2D eigenvalue weighted by atomic mass is 10.2. The number of hydrogen-bond acceptors (Lipinski definition) is 2. The molecule has 0 radical (unpaired) electrons. The lowest BCUT2D eigenvalue weighted by Crippen LogP contribution is -2.23. The predicted octanol–water partition coefficient (Wildman–Crippen LogP) is 3.42. The molecule has 0 bridgehead atoms. The summed E-state index contributed by atoms with van der Waals surface area (Å²) in [6, 6.07) is 13.8. The summed E-state index contributed by atoms with van der Waals surface area (Å²) < 4.78 is 27.7. The van der Waals surface area contributed by atoms with Crippen molar-refractivity contribution >= 4 is 44.2 Å². The molecule has 0 atom stereocenters. The molecule has 0 saturated heterocycles. The van der Waals surface area contributed by atoms with Gasteiger partial charge in [0, 0.05) is 15.1 Å². The van der Waals surface area contributed by atoms with Crippen molar-refractivity contribution in [3.05, 3.63) is 62.7 Å². The normalized spacial score (nSPS) is 11.5. The summed E-state index contributed by atoms with van der Waals surface area (Å²) in [6.45, 7) is 0.266. The number of sulfonamides is 1. The third-order valence-corrected chi connectivity index (χ3v) is 4.82. The van der Waals surface area contributed by atoms with Gasteiger partial charge in [-0.25, -0.2) is 13.1 Å². The Morgan fingerprint density at radius 1 is 1.11 bits per heavy atom. The molecule has 1 N–H and O–H groups in total. The molecule has 0 amide bonds. The number of rotatable bonds is 4. The highest BCUT2D eigenvalue weighted by molar-refractivity contribution is 14.1. The van der Waals surface area contributed by atoms with Gasteiger partial charge in [-0.2, -0.15) is 0 Å². The van der Waals surface area contributed by atoms with Crippen LogP contribution in [-0.4, -0.2) is 8.42 Å². The minimum Gasteiger partial charge on any atom is -0.207 e. The summed E-state index contributed by atoms with van der Waals surface area (Å²) in [6.07, 6.45) is 0. The van der Waals surface area contributed by atoms with E-state index in [1.165, 1.54) is 12.1 Å². The van der Waals surface area contributed by atoms with Crippen LogP contribution in [0, 0.1) is 3.57 Å². The second kappa shape index (κ2) is 6.21. The Morgan fingerprint density at radius 3 is 2.42 bits per heavy atom. The van der Waals surface area contributed by atoms with Crippen molar-refractivity contribution in [1.29, 1.82) is 0 Å². The van der Waals surface area contributed by atoms with Crippen molar-refractivity contribution in [3.8, 4) is 0 Å². The van der Waals surface area contributed by atoms with Crippen molar-refractivity contribution in [3.63, 3.8) is 0 Å². The zero-order chi connectivity index (χ0) is 13.9. The molecule has 2 aromatic carbocycles. The molecule has 3 nitrogen and oxygen atoms in total. The first kappa shape index (κ1) is 14.8. The molecule has 100 valence electrons. The van der Waals surface area contributed by atoms with Crippen LogP contribution in [0.4, 0.5) is 0 Å². The van der Waals surface area contributed by atoms with Crippen LogP contribution in [0.15, 0.2) is 53.4 Å². The fourth-order valence-electron chi connectivity index (χ4n) is 1.52. The Morgan fingerprint density at radius 2 is 1.79 bits per heavy atom. The second-order valence-corrected chi connectivity index (χ2v) is 7.36. The number of halogens is 2. The molecular formula is C13H11ClINO2S. The van der Waals surface area contributed by atoms with Gasteiger partial charge in [0.15, 0.2) is 0 Å². The van der Waals surface area contributed by atoms with Gasteiger partial charge in [-0.1, -0.05) is 23.7 Å². The van der Waals surface area contributed by atoms with Crippen molar-refractivity contribution in [2.45, 2.75) is 11.4 Å². The smallest absolute Gasteiger partial charge is 0.207 e. The number of hydrogen-bond donors (Lipinski definition) is 1. The molecule has 0 aliphatic heterocycles. The maximum absolute atomic E-state index is 12.0. The fraction of sp³-hybridized carbons (Fsp3) is 0.0769. The first-order valence-electron chi connectivity index (χ1n) is 5.47. The lowest BCUT2D eigenvalue weighted by Gasteiger charge is -2.07. The maximum Gasteiger partial charge on any atom is 0.240 e. The third kappa shape index (κ3) is 4.17. The molecule has 6 heteroatoms. The molecule has 0 spiro atoms. The van der Waals surface area contributed by atoms with Crippen molar-refractivity contribution in [2.75, 3.05) is 0 Å². The third-order valence-electron chi connectivity index (χ3n) is 2.48. The average Bonchev–Trinajstić information content (AvgIpc) is 2.37. The van der Waals surface area contributed by atoms with E-state index in [0.29, 0.717) is 5.02 Å². The van der Waals surface area contributed by atoms with E-state index < -0.39 is 10.0 Å². The molecule has 0 saturated carbocycles. The highest BCUT2D eigenvalue weighted by Gasteiger charge is 2.13. The zero-order valence-corrected chi connectivity index (χ0v) is 13.5. The Bertz CT molecular complexity index is 671. The molecule has 0 unspecified atom stereocenters. The Kier molecular flexibility index (Phi) is 4.83. The molecular weight excluding hydrogens is 397 g/mol. The standard InChI is InChI=1S/C13H11ClINO2S/c14-11-4-6-13(7-5-11)19(17,18)16-9-10-2-1-3-12(15)8-10/h1-8,16H,9H2. The van der Waals surface area contributed by atoms with Gasteiger partial charge in [-0.15, -0.1) is 0 Å². The van der Waals surface area contributed by atoms with Gasteiger partial charge in [0.2, 0.25) is 10.0 Å². The summed E-state index contributed by atoms with van der Waals surface area (Å²) in [4.78, 5) is 0.211.